The van der Waals surface area contributed by atoms with Crippen LogP contribution in [0.2, 0.25) is 0 Å². The van der Waals surface area contributed by atoms with E-state index in [0.29, 0.717) is 18.9 Å². The molecule has 2 aliphatic heterocycles. The van der Waals surface area contributed by atoms with Crippen LogP contribution in [0.25, 0.3) is 0 Å². The molecule has 0 bridgehead atoms. The van der Waals surface area contributed by atoms with Gasteiger partial charge in [0.1, 0.15) is 18.5 Å². The van der Waals surface area contributed by atoms with Gasteiger partial charge in [-0.25, -0.2) is 23.1 Å². The standard InChI is InChI=1S/C29H37N5O5S/c1-30-40(36,37)27-9-5-8-26(15-27)38-21-25(35)19-31-24-16-29(39-20-24)10-12-34(13-11-29)28-32-17-23(18-33-28)14-22-6-3-2-4-7-22/h2-9,15,17-18,24-25,30-31,35H,10-14,16,19-21H2,1H3/t24-,25+/m1/s1. The minimum absolute atomic E-state index is 0.0495. The fourth-order valence-corrected chi connectivity index (χ4v) is 6.04. The number of hydrogen-bond donors (Lipinski definition) is 3. The lowest BCUT2D eigenvalue weighted by molar-refractivity contribution is -0.0152. The number of aliphatic hydroxyl groups excluding tert-OH is 1. The average molecular weight is 568 g/mol. The van der Waals surface area contributed by atoms with Crippen LogP contribution in [0, 0.1) is 0 Å². The van der Waals surface area contributed by atoms with Crippen LogP contribution >= 0.6 is 0 Å². The number of aromatic nitrogens is 2. The van der Waals surface area contributed by atoms with E-state index in [1.54, 1.807) is 12.1 Å². The fraction of sp³-hybridized carbons (Fsp3) is 0.448. The Kier molecular flexibility index (Phi) is 8.97. The summed E-state index contributed by atoms with van der Waals surface area (Å²) in [4.78, 5) is 11.6. The minimum atomic E-state index is -3.55. The molecule has 214 valence electrons. The highest BCUT2D eigenvalue weighted by Crippen LogP contribution is 2.36. The van der Waals surface area contributed by atoms with E-state index in [-0.39, 0.29) is 23.1 Å². The SMILES string of the molecule is CNS(=O)(=O)c1cccc(OC[C@@H](O)CN[C@H]2COC3(CCN(c4ncc(Cc5ccccc5)cn4)CC3)C2)c1. The lowest BCUT2D eigenvalue weighted by atomic mass is 9.87. The number of sulfonamides is 1. The molecule has 40 heavy (non-hydrogen) atoms. The second-order valence-corrected chi connectivity index (χ2v) is 12.4. The second-order valence-electron chi connectivity index (χ2n) is 10.5. The molecule has 3 aromatic rings. The Labute approximate surface area is 235 Å². The van der Waals surface area contributed by atoms with Crippen molar-refractivity contribution in [2.24, 2.45) is 0 Å². The van der Waals surface area contributed by atoms with Gasteiger partial charge in [-0.2, -0.15) is 0 Å². The average Bonchev–Trinajstić information content (AvgIpc) is 3.38. The number of hydrogen-bond acceptors (Lipinski definition) is 9. The van der Waals surface area contributed by atoms with Crippen molar-refractivity contribution in [1.82, 2.24) is 20.0 Å². The summed E-state index contributed by atoms with van der Waals surface area (Å²) in [6.07, 6.45) is 6.60. The van der Waals surface area contributed by atoms with Gasteiger partial charge in [-0.1, -0.05) is 36.4 Å². The highest BCUT2D eigenvalue weighted by molar-refractivity contribution is 7.89. The molecule has 0 aliphatic carbocycles. The third-order valence-electron chi connectivity index (χ3n) is 7.58. The van der Waals surface area contributed by atoms with Gasteiger partial charge in [-0.3, -0.25) is 0 Å². The van der Waals surface area contributed by atoms with Gasteiger partial charge >= 0.3 is 0 Å². The molecule has 2 aromatic carbocycles. The van der Waals surface area contributed by atoms with E-state index in [0.717, 1.165) is 50.3 Å². The van der Waals surface area contributed by atoms with Crippen LogP contribution in [0.15, 0.2) is 71.9 Å². The predicted octanol–water partition coefficient (Wildman–Crippen LogP) is 2.13. The number of anilines is 1. The molecule has 10 nitrogen and oxygen atoms in total. The van der Waals surface area contributed by atoms with Gasteiger partial charge in [0.15, 0.2) is 0 Å². The molecule has 0 amide bonds. The molecule has 0 unspecified atom stereocenters. The Morgan fingerprint density at radius 3 is 2.58 bits per heavy atom. The Morgan fingerprint density at radius 2 is 1.85 bits per heavy atom. The van der Waals surface area contributed by atoms with Gasteiger partial charge in [-0.05, 0) is 49.6 Å². The number of rotatable bonds is 11. The molecule has 2 saturated heterocycles. The number of ether oxygens (including phenoxy) is 2. The van der Waals surface area contributed by atoms with E-state index in [9.17, 15) is 13.5 Å². The third-order valence-corrected chi connectivity index (χ3v) is 8.99. The summed E-state index contributed by atoms with van der Waals surface area (Å²) in [5.41, 5.74) is 2.18. The molecule has 1 spiro atoms. The molecule has 3 heterocycles. The first-order valence-corrected chi connectivity index (χ1v) is 15.1. The lowest BCUT2D eigenvalue weighted by Gasteiger charge is -2.38. The summed E-state index contributed by atoms with van der Waals surface area (Å²) in [6.45, 7) is 2.68. The maximum atomic E-state index is 12.0. The largest absolute Gasteiger partial charge is 0.491 e. The van der Waals surface area contributed by atoms with E-state index in [1.807, 2.05) is 30.6 Å². The molecule has 1 aromatic heterocycles. The number of benzene rings is 2. The van der Waals surface area contributed by atoms with Crippen LogP contribution in [0.5, 0.6) is 5.75 Å². The Bertz CT molecular complexity index is 1350. The zero-order valence-electron chi connectivity index (χ0n) is 22.7. The topological polar surface area (TPSA) is 126 Å². The summed E-state index contributed by atoms with van der Waals surface area (Å²) >= 11 is 0. The van der Waals surface area contributed by atoms with Crippen molar-refractivity contribution >= 4 is 16.0 Å². The van der Waals surface area contributed by atoms with Crippen molar-refractivity contribution in [3.63, 3.8) is 0 Å². The number of aliphatic hydroxyl groups is 1. The van der Waals surface area contributed by atoms with Crippen LogP contribution in [0.3, 0.4) is 0 Å². The molecular formula is C29H37N5O5S. The molecule has 11 heteroatoms. The maximum Gasteiger partial charge on any atom is 0.240 e. The first-order valence-electron chi connectivity index (χ1n) is 13.7. The quantitative estimate of drug-likeness (QED) is 0.320. The molecule has 5 rings (SSSR count). The summed E-state index contributed by atoms with van der Waals surface area (Å²) in [5, 5.41) is 13.8. The van der Waals surface area contributed by atoms with Crippen molar-refractivity contribution in [2.75, 3.05) is 44.8 Å². The fourth-order valence-electron chi connectivity index (χ4n) is 5.28. The van der Waals surface area contributed by atoms with Gasteiger partial charge in [0, 0.05) is 50.6 Å². The van der Waals surface area contributed by atoms with Gasteiger partial charge in [-0.15, -0.1) is 0 Å². The lowest BCUT2D eigenvalue weighted by Crippen LogP contribution is -2.45. The van der Waals surface area contributed by atoms with Crippen molar-refractivity contribution in [1.29, 1.82) is 0 Å². The zero-order valence-corrected chi connectivity index (χ0v) is 23.5. The van der Waals surface area contributed by atoms with Crippen LogP contribution < -0.4 is 19.7 Å². The maximum absolute atomic E-state index is 12.0. The molecule has 2 fully saturated rings. The number of nitrogens with zero attached hydrogens (tertiary/aromatic N) is 3. The van der Waals surface area contributed by atoms with Crippen LogP contribution in [-0.2, 0) is 21.2 Å². The number of piperidine rings is 1. The van der Waals surface area contributed by atoms with E-state index in [2.05, 4.69) is 37.0 Å². The second kappa shape index (κ2) is 12.6. The van der Waals surface area contributed by atoms with Gasteiger partial charge in [0.05, 0.1) is 17.1 Å². The first-order chi connectivity index (χ1) is 19.3. The first kappa shape index (κ1) is 28.4. The van der Waals surface area contributed by atoms with Crippen molar-refractivity contribution in [3.05, 3.63) is 78.1 Å². The summed E-state index contributed by atoms with van der Waals surface area (Å²) in [5.74, 6) is 1.15. The molecule has 2 atom stereocenters. The summed E-state index contributed by atoms with van der Waals surface area (Å²) in [6, 6.07) is 16.7. The minimum Gasteiger partial charge on any atom is -0.491 e. The molecule has 0 radical (unpaired) electrons. The Hall–Kier alpha value is -3.09. The predicted molar refractivity (Wildman–Crippen MR) is 152 cm³/mol. The van der Waals surface area contributed by atoms with Gasteiger partial charge in [0.25, 0.3) is 0 Å². The Morgan fingerprint density at radius 1 is 1.10 bits per heavy atom. The summed E-state index contributed by atoms with van der Waals surface area (Å²) in [7, 11) is -2.20. The third kappa shape index (κ3) is 7.15. The van der Waals surface area contributed by atoms with Gasteiger partial charge < -0.3 is 24.8 Å². The van der Waals surface area contributed by atoms with Crippen molar-refractivity contribution < 1.29 is 23.0 Å². The van der Waals surface area contributed by atoms with Crippen molar-refractivity contribution in [3.8, 4) is 5.75 Å². The Balaban J connectivity index is 1.04. The van der Waals surface area contributed by atoms with Crippen LogP contribution in [0.1, 0.15) is 30.4 Å². The molecular weight excluding hydrogens is 530 g/mol. The van der Waals surface area contributed by atoms with E-state index in [1.165, 1.54) is 24.7 Å². The van der Waals surface area contributed by atoms with Crippen molar-refractivity contribution in [2.45, 2.75) is 48.3 Å². The highest BCUT2D eigenvalue weighted by Gasteiger charge is 2.43. The summed E-state index contributed by atoms with van der Waals surface area (Å²) < 4.78 is 38.2. The van der Waals surface area contributed by atoms with Crippen LogP contribution in [0.4, 0.5) is 5.95 Å². The number of nitrogens with one attached hydrogen (secondary N) is 2. The molecule has 0 saturated carbocycles. The zero-order chi connectivity index (χ0) is 28.0. The normalized spacial score (nSPS) is 19.6. The van der Waals surface area contributed by atoms with E-state index in [4.69, 9.17) is 9.47 Å². The molecule has 3 N–H and O–H groups in total. The monoisotopic (exact) mass is 567 g/mol. The van der Waals surface area contributed by atoms with E-state index >= 15 is 0 Å². The highest BCUT2D eigenvalue weighted by atomic mass is 32.2. The smallest absolute Gasteiger partial charge is 0.240 e. The van der Waals surface area contributed by atoms with Crippen LogP contribution in [-0.4, -0.2) is 81.1 Å². The molecule has 2 aliphatic rings. The van der Waals surface area contributed by atoms with Gasteiger partial charge in [0.2, 0.25) is 16.0 Å². The van der Waals surface area contributed by atoms with E-state index < -0.39 is 16.1 Å².